The standard InChI is InChI=1S/C14H16N4O6S/c15-10(7-1-3-8(4-2-7)12(16)19)13(20)17-6-5-9-11(17)14(21)18(9)25(22,23)24/h1-4,9-11H,5-6,15H2,(H2,16,19)(H,22,23,24)/t9-,10?,11+/m1/s1. The maximum Gasteiger partial charge on any atom is 0.362 e. The van der Waals surface area contributed by atoms with Gasteiger partial charge >= 0.3 is 10.3 Å². The van der Waals surface area contributed by atoms with Crippen molar-refractivity contribution in [3.05, 3.63) is 35.4 Å². The zero-order valence-electron chi connectivity index (χ0n) is 12.9. The largest absolute Gasteiger partial charge is 0.366 e. The smallest absolute Gasteiger partial charge is 0.362 e. The quantitative estimate of drug-likeness (QED) is 0.425. The van der Waals surface area contributed by atoms with Gasteiger partial charge in [0.15, 0.2) is 0 Å². The predicted molar refractivity (Wildman–Crippen MR) is 84.2 cm³/mol. The molecule has 3 rings (SSSR count). The molecule has 5 N–H and O–H groups in total. The summed E-state index contributed by atoms with van der Waals surface area (Å²) < 4.78 is 31.8. The van der Waals surface area contributed by atoms with E-state index in [1.54, 1.807) is 0 Å². The molecule has 2 saturated heterocycles. The van der Waals surface area contributed by atoms with Crippen LogP contribution in [0.4, 0.5) is 0 Å². The maximum absolute atomic E-state index is 12.6. The summed E-state index contributed by atoms with van der Waals surface area (Å²) in [6.07, 6.45) is 0.231. The van der Waals surface area contributed by atoms with Crippen LogP contribution in [0.3, 0.4) is 0 Å². The number of hydrogen-bond acceptors (Lipinski definition) is 6. The van der Waals surface area contributed by atoms with E-state index in [2.05, 4.69) is 0 Å². The molecule has 0 aromatic heterocycles. The van der Waals surface area contributed by atoms with Crippen LogP contribution in [0.15, 0.2) is 24.3 Å². The van der Waals surface area contributed by atoms with Gasteiger partial charge in [-0.1, -0.05) is 12.1 Å². The number of benzene rings is 1. The maximum atomic E-state index is 12.6. The summed E-state index contributed by atoms with van der Waals surface area (Å²) >= 11 is 0. The van der Waals surface area contributed by atoms with Gasteiger partial charge in [-0.05, 0) is 24.1 Å². The fraction of sp³-hybridized carbons (Fsp3) is 0.357. The highest BCUT2D eigenvalue weighted by atomic mass is 32.2. The molecule has 0 radical (unpaired) electrons. The molecule has 25 heavy (non-hydrogen) atoms. The van der Waals surface area contributed by atoms with Crippen LogP contribution in [0.5, 0.6) is 0 Å². The number of carbonyl (C=O) groups is 3. The number of amides is 3. The van der Waals surface area contributed by atoms with Crippen LogP contribution in [0.25, 0.3) is 0 Å². The van der Waals surface area contributed by atoms with E-state index >= 15 is 0 Å². The Bertz CT molecular complexity index is 853. The summed E-state index contributed by atoms with van der Waals surface area (Å²) in [5, 5.41) is 0. The Kier molecular flexibility index (Phi) is 4.01. The van der Waals surface area contributed by atoms with Gasteiger partial charge in [-0.3, -0.25) is 18.9 Å². The van der Waals surface area contributed by atoms with Crippen molar-refractivity contribution < 1.29 is 27.4 Å². The molecule has 134 valence electrons. The van der Waals surface area contributed by atoms with Crippen LogP contribution < -0.4 is 11.5 Å². The first-order chi connectivity index (χ1) is 11.6. The van der Waals surface area contributed by atoms with Gasteiger partial charge in [-0.15, -0.1) is 0 Å². The summed E-state index contributed by atoms with van der Waals surface area (Å²) in [5.41, 5.74) is 11.8. The first-order valence-electron chi connectivity index (χ1n) is 7.39. The Balaban J connectivity index is 1.76. The van der Waals surface area contributed by atoms with Crippen molar-refractivity contribution >= 4 is 28.0 Å². The van der Waals surface area contributed by atoms with Gasteiger partial charge in [-0.25, -0.2) is 4.31 Å². The van der Waals surface area contributed by atoms with E-state index < -0.39 is 46.2 Å². The van der Waals surface area contributed by atoms with Gasteiger partial charge in [-0.2, -0.15) is 8.42 Å². The SMILES string of the molecule is NC(=O)c1ccc(C(N)C(=O)N2CC[C@@H]3[C@H]2C(=O)N3S(=O)(=O)O)cc1. The first-order valence-corrected chi connectivity index (χ1v) is 8.79. The summed E-state index contributed by atoms with van der Waals surface area (Å²) in [5.74, 6) is -2.00. The molecular weight excluding hydrogens is 352 g/mol. The Morgan fingerprint density at radius 1 is 1.24 bits per heavy atom. The number of likely N-dealkylation sites (tertiary alicyclic amines) is 1. The molecule has 2 fully saturated rings. The van der Waals surface area contributed by atoms with E-state index in [0.29, 0.717) is 9.87 Å². The van der Waals surface area contributed by atoms with Crippen molar-refractivity contribution in [3.8, 4) is 0 Å². The monoisotopic (exact) mass is 368 g/mol. The van der Waals surface area contributed by atoms with Crippen molar-refractivity contribution in [2.75, 3.05) is 6.54 Å². The predicted octanol–water partition coefficient (Wildman–Crippen LogP) is -1.60. The normalized spacial score (nSPS) is 23.8. The number of primary amides is 1. The first kappa shape index (κ1) is 17.3. The summed E-state index contributed by atoms with van der Waals surface area (Å²) in [7, 11) is -4.63. The molecular formula is C14H16N4O6S. The third-order valence-corrected chi connectivity index (χ3v) is 5.44. The Morgan fingerprint density at radius 2 is 1.84 bits per heavy atom. The Labute approximate surface area is 143 Å². The van der Waals surface area contributed by atoms with Crippen LogP contribution in [0, 0.1) is 0 Å². The molecule has 1 unspecified atom stereocenters. The highest BCUT2D eigenvalue weighted by Crippen LogP contribution is 2.36. The fourth-order valence-corrected chi connectivity index (χ4v) is 4.14. The lowest BCUT2D eigenvalue weighted by Gasteiger charge is -2.42. The molecule has 0 aliphatic carbocycles. The molecule has 2 aliphatic heterocycles. The molecule has 2 aliphatic rings. The lowest BCUT2D eigenvalue weighted by Crippen LogP contribution is -2.68. The minimum absolute atomic E-state index is 0.152. The van der Waals surface area contributed by atoms with E-state index in [0.717, 1.165) is 0 Å². The lowest BCUT2D eigenvalue weighted by atomic mass is 9.99. The van der Waals surface area contributed by atoms with Crippen LogP contribution in [-0.4, -0.2) is 58.5 Å². The number of fused-ring (bicyclic) bond motifs is 1. The number of carbonyl (C=O) groups excluding carboxylic acids is 3. The number of hydrogen-bond donors (Lipinski definition) is 3. The highest BCUT2D eigenvalue weighted by Gasteiger charge is 2.60. The molecule has 10 nitrogen and oxygen atoms in total. The van der Waals surface area contributed by atoms with Crippen LogP contribution in [-0.2, 0) is 19.9 Å². The average molecular weight is 368 g/mol. The van der Waals surface area contributed by atoms with Crippen molar-refractivity contribution in [1.82, 2.24) is 9.21 Å². The van der Waals surface area contributed by atoms with Gasteiger partial charge in [0.05, 0.1) is 6.04 Å². The third-order valence-electron chi connectivity index (χ3n) is 4.49. The zero-order chi connectivity index (χ0) is 18.5. The molecule has 3 amide bonds. The van der Waals surface area contributed by atoms with Crippen LogP contribution in [0.2, 0.25) is 0 Å². The van der Waals surface area contributed by atoms with Gasteiger partial charge in [0.25, 0.3) is 5.91 Å². The molecule has 0 spiro atoms. The number of nitrogens with zero attached hydrogens (tertiary/aromatic N) is 2. The van der Waals surface area contributed by atoms with Gasteiger partial charge in [0.1, 0.15) is 12.1 Å². The minimum atomic E-state index is -4.63. The number of β-lactam (4-membered cyclic amide) rings is 1. The highest BCUT2D eigenvalue weighted by molar-refractivity contribution is 7.84. The second-order valence-electron chi connectivity index (χ2n) is 5.91. The molecule has 0 bridgehead atoms. The fourth-order valence-electron chi connectivity index (χ4n) is 3.24. The topological polar surface area (TPSA) is 164 Å². The molecule has 3 atom stereocenters. The number of rotatable bonds is 4. The van der Waals surface area contributed by atoms with Crippen molar-refractivity contribution in [3.63, 3.8) is 0 Å². The minimum Gasteiger partial charge on any atom is -0.366 e. The van der Waals surface area contributed by atoms with Gasteiger partial charge in [0.2, 0.25) is 11.8 Å². The van der Waals surface area contributed by atoms with E-state index in [1.165, 1.54) is 29.2 Å². The molecule has 1 aromatic carbocycles. The second-order valence-corrected chi connectivity index (χ2v) is 7.20. The van der Waals surface area contributed by atoms with Gasteiger partial charge in [0, 0.05) is 12.1 Å². The molecule has 0 saturated carbocycles. The zero-order valence-corrected chi connectivity index (χ0v) is 13.7. The Morgan fingerprint density at radius 3 is 2.36 bits per heavy atom. The van der Waals surface area contributed by atoms with Crippen molar-refractivity contribution in [2.45, 2.75) is 24.5 Å². The van der Waals surface area contributed by atoms with E-state index in [9.17, 15) is 22.8 Å². The van der Waals surface area contributed by atoms with E-state index in [1.807, 2.05) is 0 Å². The molecule has 11 heteroatoms. The van der Waals surface area contributed by atoms with E-state index in [4.69, 9.17) is 16.0 Å². The van der Waals surface area contributed by atoms with Crippen molar-refractivity contribution in [2.24, 2.45) is 11.5 Å². The lowest BCUT2D eigenvalue weighted by molar-refractivity contribution is -0.152. The van der Waals surface area contributed by atoms with Gasteiger partial charge < -0.3 is 16.4 Å². The summed E-state index contributed by atoms with van der Waals surface area (Å²) in [4.78, 5) is 36.9. The number of nitrogens with two attached hydrogens (primary N) is 2. The van der Waals surface area contributed by atoms with Crippen molar-refractivity contribution in [1.29, 1.82) is 0 Å². The summed E-state index contributed by atoms with van der Waals surface area (Å²) in [6, 6.07) is 3.07. The molecule has 1 aromatic rings. The molecule has 2 heterocycles. The van der Waals surface area contributed by atoms with Crippen LogP contribution in [0.1, 0.15) is 28.4 Å². The average Bonchev–Trinajstić information content (AvgIpc) is 2.90. The third kappa shape index (κ3) is 2.75. The van der Waals surface area contributed by atoms with Crippen LogP contribution >= 0.6 is 0 Å². The van der Waals surface area contributed by atoms with E-state index in [-0.39, 0.29) is 18.5 Å². The summed E-state index contributed by atoms with van der Waals surface area (Å²) in [6.45, 7) is 0.152. The Hall–Kier alpha value is -2.50. The second kappa shape index (κ2) is 5.79.